The molecule has 1 heterocycles. The Labute approximate surface area is 162 Å². The third-order valence-corrected chi connectivity index (χ3v) is 7.10. The number of nitrogens with zero attached hydrogens (tertiary/aromatic N) is 1. The molecule has 150 valence electrons. The number of quaternary nitrogens is 1. The summed E-state index contributed by atoms with van der Waals surface area (Å²) in [6.07, 6.45) is 4.32. The Morgan fingerprint density at radius 2 is 1.74 bits per heavy atom. The second-order valence-electron chi connectivity index (χ2n) is 8.55. The molecular formula is C20H31N2O4S+. The summed E-state index contributed by atoms with van der Waals surface area (Å²) in [7, 11) is -3.47. The summed E-state index contributed by atoms with van der Waals surface area (Å²) in [5.41, 5.74) is 1.97. The predicted molar refractivity (Wildman–Crippen MR) is 103 cm³/mol. The summed E-state index contributed by atoms with van der Waals surface area (Å²) in [6.45, 7) is 7.92. The maximum Gasteiger partial charge on any atom is 0.362 e. The van der Waals surface area contributed by atoms with Gasteiger partial charge in [0.25, 0.3) is 0 Å². The molecule has 1 aliphatic heterocycles. The Bertz CT molecular complexity index is 791. The number of ether oxygens (including phenoxy) is 1. The smallest absolute Gasteiger partial charge is 0.362 e. The fourth-order valence-corrected chi connectivity index (χ4v) is 5.31. The van der Waals surface area contributed by atoms with Crippen molar-refractivity contribution < 1.29 is 22.8 Å². The Kier molecular flexibility index (Phi) is 5.93. The summed E-state index contributed by atoms with van der Waals surface area (Å²) in [4.78, 5) is 13.5. The van der Waals surface area contributed by atoms with E-state index >= 15 is 0 Å². The van der Waals surface area contributed by atoms with Gasteiger partial charge in [-0.2, -0.15) is 4.31 Å². The van der Waals surface area contributed by atoms with Crippen LogP contribution in [0.2, 0.25) is 0 Å². The summed E-state index contributed by atoms with van der Waals surface area (Å²) in [5, 5.41) is 0. The van der Waals surface area contributed by atoms with Crippen LogP contribution in [-0.4, -0.2) is 57.0 Å². The van der Waals surface area contributed by atoms with Crippen molar-refractivity contribution in [1.29, 1.82) is 0 Å². The maximum absolute atomic E-state index is 13.0. The lowest BCUT2D eigenvalue weighted by Crippen LogP contribution is -3.15. The Hall–Kier alpha value is -1.44. The van der Waals surface area contributed by atoms with Crippen molar-refractivity contribution in [2.24, 2.45) is 0 Å². The highest BCUT2D eigenvalue weighted by molar-refractivity contribution is 7.89. The van der Waals surface area contributed by atoms with Gasteiger partial charge in [-0.1, -0.05) is 6.07 Å². The lowest BCUT2D eigenvalue weighted by atomic mass is 9.92. The van der Waals surface area contributed by atoms with Gasteiger partial charge >= 0.3 is 5.97 Å². The summed E-state index contributed by atoms with van der Waals surface area (Å²) in [6, 6.07) is 5.59. The van der Waals surface area contributed by atoms with Crippen molar-refractivity contribution in [3.05, 3.63) is 29.3 Å². The van der Waals surface area contributed by atoms with Crippen molar-refractivity contribution in [1.82, 2.24) is 4.31 Å². The molecular weight excluding hydrogens is 364 g/mol. The molecule has 1 N–H and O–H groups in total. The van der Waals surface area contributed by atoms with E-state index in [1.165, 1.54) is 17.5 Å². The molecule has 0 radical (unpaired) electrons. The monoisotopic (exact) mass is 395 g/mol. The SMILES string of the molecule is CC(C)(C)OC(=O)C[NH+]1CCN(S(=O)(=O)c2ccc3c(c2)CCCC3)CC1. The third kappa shape index (κ3) is 5.09. The third-order valence-electron chi connectivity index (χ3n) is 5.20. The number of fused-ring (bicyclic) bond motifs is 1. The average molecular weight is 396 g/mol. The Balaban J connectivity index is 1.61. The number of piperazine rings is 1. The van der Waals surface area contributed by atoms with E-state index in [0.29, 0.717) is 31.1 Å². The van der Waals surface area contributed by atoms with Crippen LogP contribution in [0.25, 0.3) is 0 Å². The number of aryl methyl sites for hydroxylation is 2. The molecule has 3 rings (SSSR count). The molecule has 7 heteroatoms. The molecule has 0 spiro atoms. The molecule has 0 atom stereocenters. The van der Waals surface area contributed by atoms with Gasteiger partial charge in [-0.25, -0.2) is 13.2 Å². The molecule has 1 aromatic rings. The molecule has 27 heavy (non-hydrogen) atoms. The van der Waals surface area contributed by atoms with E-state index in [1.807, 2.05) is 32.9 Å². The zero-order valence-electron chi connectivity index (χ0n) is 16.6. The second kappa shape index (κ2) is 7.89. The van der Waals surface area contributed by atoms with Crippen LogP contribution in [0.1, 0.15) is 44.7 Å². The predicted octanol–water partition coefficient (Wildman–Crippen LogP) is 0.796. The quantitative estimate of drug-likeness (QED) is 0.766. The highest BCUT2D eigenvalue weighted by atomic mass is 32.2. The minimum atomic E-state index is -3.47. The van der Waals surface area contributed by atoms with Gasteiger partial charge in [-0.15, -0.1) is 0 Å². The topological polar surface area (TPSA) is 68.1 Å². The van der Waals surface area contributed by atoms with Crippen molar-refractivity contribution >= 4 is 16.0 Å². The fraction of sp³-hybridized carbons (Fsp3) is 0.650. The number of carbonyl (C=O) groups is 1. The first-order chi connectivity index (χ1) is 12.6. The van der Waals surface area contributed by atoms with Crippen molar-refractivity contribution in [3.8, 4) is 0 Å². The zero-order chi connectivity index (χ0) is 19.7. The number of carbonyl (C=O) groups excluding carboxylic acids is 1. The first-order valence-corrected chi connectivity index (χ1v) is 11.3. The fourth-order valence-electron chi connectivity index (χ4n) is 3.82. The minimum Gasteiger partial charge on any atom is -0.456 e. The van der Waals surface area contributed by atoms with Gasteiger partial charge in [0.2, 0.25) is 10.0 Å². The molecule has 2 aliphatic rings. The second-order valence-corrected chi connectivity index (χ2v) is 10.5. The van der Waals surface area contributed by atoms with Crippen LogP contribution in [0, 0.1) is 0 Å². The molecule has 0 unspecified atom stereocenters. The van der Waals surface area contributed by atoms with Crippen LogP contribution in [0.3, 0.4) is 0 Å². The van der Waals surface area contributed by atoms with Gasteiger partial charge in [0, 0.05) is 0 Å². The molecule has 1 fully saturated rings. The molecule has 0 bridgehead atoms. The maximum atomic E-state index is 13.0. The standard InChI is InChI=1S/C20H30N2O4S/c1-20(2,3)26-19(23)15-21-10-12-22(13-11-21)27(24,25)18-9-8-16-6-4-5-7-17(16)14-18/h8-9,14H,4-7,10-13,15H2,1-3H3/p+1. The van der Waals surface area contributed by atoms with Crippen LogP contribution in [0.4, 0.5) is 0 Å². The molecule has 1 aromatic carbocycles. The number of benzene rings is 1. The normalized spacial score (nSPS) is 19.5. The van der Waals surface area contributed by atoms with E-state index in [1.54, 1.807) is 10.4 Å². The van der Waals surface area contributed by atoms with Crippen LogP contribution >= 0.6 is 0 Å². The minimum absolute atomic E-state index is 0.233. The molecule has 0 amide bonds. The van der Waals surface area contributed by atoms with Gasteiger partial charge in [-0.05, 0) is 69.7 Å². The summed E-state index contributed by atoms with van der Waals surface area (Å²) in [5.74, 6) is -0.233. The number of hydrogen-bond acceptors (Lipinski definition) is 4. The summed E-state index contributed by atoms with van der Waals surface area (Å²) < 4.78 is 32.9. The lowest BCUT2D eigenvalue weighted by molar-refractivity contribution is -0.896. The molecule has 6 nitrogen and oxygen atoms in total. The van der Waals surface area contributed by atoms with Gasteiger partial charge in [0.1, 0.15) is 5.60 Å². The van der Waals surface area contributed by atoms with E-state index in [9.17, 15) is 13.2 Å². The first kappa shape index (κ1) is 20.3. The average Bonchev–Trinajstić information content (AvgIpc) is 2.60. The van der Waals surface area contributed by atoms with Crippen LogP contribution < -0.4 is 4.90 Å². The van der Waals surface area contributed by atoms with E-state index in [-0.39, 0.29) is 12.5 Å². The molecule has 0 aromatic heterocycles. The zero-order valence-corrected chi connectivity index (χ0v) is 17.4. The number of esters is 1. The largest absolute Gasteiger partial charge is 0.456 e. The van der Waals surface area contributed by atoms with Gasteiger partial charge in [-0.3, -0.25) is 0 Å². The van der Waals surface area contributed by atoms with E-state index in [0.717, 1.165) is 24.2 Å². The van der Waals surface area contributed by atoms with E-state index < -0.39 is 15.6 Å². The van der Waals surface area contributed by atoms with Crippen molar-refractivity contribution in [3.63, 3.8) is 0 Å². The number of hydrogen-bond donors (Lipinski definition) is 1. The molecule has 1 saturated heterocycles. The van der Waals surface area contributed by atoms with Gasteiger partial charge in [0.15, 0.2) is 6.54 Å². The number of nitrogens with one attached hydrogen (secondary N) is 1. The van der Waals surface area contributed by atoms with Gasteiger partial charge in [0.05, 0.1) is 31.1 Å². The molecule has 1 aliphatic carbocycles. The van der Waals surface area contributed by atoms with E-state index in [4.69, 9.17) is 4.74 Å². The van der Waals surface area contributed by atoms with Crippen LogP contribution in [0.15, 0.2) is 23.1 Å². The van der Waals surface area contributed by atoms with Gasteiger partial charge < -0.3 is 9.64 Å². The Morgan fingerprint density at radius 3 is 2.37 bits per heavy atom. The van der Waals surface area contributed by atoms with Crippen molar-refractivity contribution in [2.45, 2.75) is 57.0 Å². The number of rotatable bonds is 4. The van der Waals surface area contributed by atoms with Crippen LogP contribution in [-0.2, 0) is 32.4 Å². The highest BCUT2D eigenvalue weighted by Crippen LogP contribution is 2.25. The first-order valence-electron chi connectivity index (χ1n) is 9.82. The lowest BCUT2D eigenvalue weighted by Gasteiger charge is -2.31. The highest BCUT2D eigenvalue weighted by Gasteiger charge is 2.32. The summed E-state index contributed by atoms with van der Waals surface area (Å²) >= 11 is 0. The molecule has 0 saturated carbocycles. The van der Waals surface area contributed by atoms with Crippen LogP contribution in [0.5, 0.6) is 0 Å². The Morgan fingerprint density at radius 1 is 1.11 bits per heavy atom. The van der Waals surface area contributed by atoms with Crippen molar-refractivity contribution in [2.75, 3.05) is 32.7 Å². The van der Waals surface area contributed by atoms with E-state index in [2.05, 4.69) is 0 Å². The number of sulfonamides is 1.